The Hall–Kier alpha value is -3.25. The van der Waals surface area contributed by atoms with E-state index in [1.165, 1.54) is 6.26 Å². The fourth-order valence-corrected chi connectivity index (χ4v) is 4.62. The van der Waals surface area contributed by atoms with Crippen molar-refractivity contribution >= 4 is 20.8 Å². The molecule has 0 amide bonds. The molecule has 0 aliphatic rings. The summed E-state index contributed by atoms with van der Waals surface area (Å²) < 4.78 is 39.8. The number of benzene rings is 3. The zero-order chi connectivity index (χ0) is 23.4. The molecule has 5 nitrogen and oxygen atoms in total. The Bertz CT molecular complexity index is 1350. The third-order valence-electron chi connectivity index (χ3n) is 5.48. The maximum absolute atomic E-state index is 11.3. The largest absolute Gasteiger partial charge is 0.494 e. The van der Waals surface area contributed by atoms with Crippen LogP contribution < -0.4 is 9.47 Å². The number of aryl methyl sites for hydroxylation is 2. The van der Waals surface area contributed by atoms with Gasteiger partial charge in [-0.2, -0.15) is 0 Å². The van der Waals surface area contributed by atoms with E-state index in [4.69, 9.17) is 13.9 Å². The molecule has 0 bridgehead atoms. The van der Waals surface area contributed by atoms with Gasteiger partial charge in [0.05, 0.1) is 18.6 Å². The lowest BCUT2D eigenvalue weighted by molar-refractivity contribution is 0.306. The van der Waals surface area contributed by atoms with Crippen LogP contribution in [0.1, 0.15) is 23.1 Å². The molecular weight excluding hydrogens is 436 g/mol. The van der Waals surface area contributed by atoms with Crippen LogP contribution in [0.4, 0.5) is 0 Å². The number of hydrogen-bond acceptors (Lipinski definition) is 5. The summed E-state index contributed by atoms with van der Waals surface area (Å²) in [5.74, 6) is 1.66. The lowest BCUT2D eigenvalue weighted by Gasteiger charge is -2.15. The first-order valence-electron chi connectivity index (χ1n) is 10.9. The van der Waals surface area contributed by atoms with Gasteiger partial charge < -0.3 is 13.9 Å². The first-order valence-corrected chi connectivity index (χ1v) is 13.0. The van der Waals surface area contributed by atoms with Crippen molar-refractivity contribution in [2.24, 2.45) is 0 Å². The van der Waals surface area contributed by atoms with Crippen molar-refractivity contribution in [2.45, 2.75) is 26.9 Å². The van der Waals surface area contributed by atoms with Gasteiger partial charge >= 0.3 is 0 Å². The van der Waals surface area contributed by atoms with Gasteiger partial charge in [-0.15, -0.1) is 0 Å². The monoisotopic (exact) mass is 464 g/mol. The predicted octanol–water partition coefficient (Wildman–Crippen LogP) is 6.11. The van der Waals surface area contributed by atoms with Gasteiger partial charge in [0.1, 0.15) is 33.5 Å². The Labute approximate surface area is 194 Å². The molecule has 172 valence electrons. The summed E-state index contributed by atoms with van der Waals surface area (Å²) in [6, 6.07) is 20.1. The number of furan rings is 1. The Kier molecular flexibility index (Phi) is 6.75. The molecule has 0 atom stereocenters. The van der Waals surface area contributed by atoms with E-state index >= 15 is 0 Å². The van der Waals surface area contributed by atoms with Crippen molar-refractivity contribution in [1.29, 1.82) is 0 Å². The molecule has 1 aromatic heterocycles. The van der Waals surface area contributed by atoms with Crippen molar-refractivity contribution in [1.82, 2.24) is 0 Å². The molecule has 33 heavy (non-hydrogen) atoms. The van der Waals surface area contributed by atoms with Crippen molar-refractivity contribution in [3.63, 3.8) is 0 Å². The third-order valence-corrected chi connectivity index (χ3v) is 6.51. The van der Waals surface area contributed by atoms with Gasteiger partial charge in [0.25, 0.3) is 0 Å². The van der Waals surface area contributed by atoms with E-state index in [2.05, 4.69) is 32.0 Å². The molecule has 0 aliphatic heterocycles. The minimum absolute atomic E-state index is 0.132. The second-order valence-electron chi connectivity index (χ2n) is 8.37. The Morgan fingerprint density at radius 3 is 2.42 bits per heavy atom. The summed E-state index contributed by atoms with van der Waals surface area (Å²) in [4.78, 5) is 0. The van der Waals surface area contributed by atoms with Gasteiger partial charge in [0.15, 0.2) is 0 Å². The average Bonchev–Trinajstić information content (AvgIpc) is 3.22. The number of fused-ring (bicyclic) bond motifs is 1. The van der Waals surface area contributed by atoms with E-state index in [1.807, 2.05) is 42.5 Å². The molecule has 0 N–H and O–H groups in total. The minimum Gasteiger partial charge on any atom is -0.494 e. The zero-order valence-electron chi connectivity index (χ0n) is 19.1. The first kappa shape index (κ1) is 22.9. The van der Waals surface area contributed by atoms with Gasteiger partial charge in [0, 0.05) is 17.7 Å². The molecule has 0 aliphatic carbocycles. The fourth-order valence-electron chi connectivity index (χ4n) is 3.98. The molecule has 0 radical (unpaired) electrons. The molecule has 0 fully saturated rings. The van der Waals surface area contributed by atoms with Crippen molar-refractivity contribution in [3.8, 4) is 22.6 Å². The average molecular weight is 465 g/mol. The number of sulfone groups is 1. The standard InChI is InChI=1S/C27H28O5S/c1-19-14-25(30-11-5-13-33(3,28)29)15-20(2)27(19)23-7-4-6-21(16-23)18-32-24-9-8-22-10-12-31-26(22)17-24/h4,6-10,12,14-17H,5,11,13,18H2,1-3H3. The second-order valence-corrected chi connectivity index (χ2v) is 10.6. The van der Waals surface area contributed by atoms with Crippen LogP contribution in [0.2, 0.25) is 0 Å². The molecule has 4 rings (SSSR count). The van der Waals surface area contributed by atoms with Crippen LogP contribution in [0.3, 0.4) is 0 Å². The van der Waals surface area contributed by atoms with Crippen LogP contribution >= 0.6 is 0 Å². The summed E-state index contributed by atoms with van der Waals surface area (Å²) in [5.41, 5.74) is 6.38. The lowest BCUT2D eigenvalue weighted by atomic mass is 9.94. The molecule has 1 heterocycles. The summed E-state index contributed by atoms with van der Waals surface area (Å²) in [5, 5.41) is 1.05. The van der Waals surface area contributed by atoms with E-state index in [-0.39, 0.29) is 5.75 Å². The van der Waals surface area contributed by atoms with Gasteiger partial charge in [-0.3, -0.25) is 0 Å². The first-order chi connectivity index (χ1) is 15.8. The highest BCUT2D eigenvalue weighted by atomic mass is 32.2. The highest BCUT2D eigenvalue weighted by Crippen LogP contribution is 2.32. The Morgan fingerprint density at radius 1 is 0.879 bits per heavy atom. The van der Waals surface area contributed by atoms with Gasteiger partial charge in [-0.25, -0.2) is 8.42 Å². The van der Waals surface area contributed by atoms with Crippen LogP contribution in [-0.4, -0.2) is 27.0 Å². The normalized spacial score (nSPS) is 11.6. The summed E-state index contributed by atoms with van der Waals surface area (Å²) >= 11 is 0. The van der Waals surface area contributed by atoms with Crippen molar-refractivity contribution in [3.05, 3.63) is 83.6 Å². The van der Waals surface area contributed by atoms with E-state index in [0.29, 0.717) is 19.6 Å². The van der Waals surface area contributed by atoms with E-state index < -0.39 is 9.84 Å². The van der Waals surface area contributed by atoms with Gasteiger partial charge in [-0.1, -0.05) is 18.2 Å². The van der Waals surface area contributed by atoms with Crippen LogP contribution in [0.5, 0.6) is 11.5 Å². The fraction of sp³-hybridized carbons (Fsp3) is 0.259. The highest BCUT2D eigenvalue weighted by Gasteiger charge is 2.10. The molecule has 6 heteroatoms. The smallest absolute Gasteiger partial charge is 0.147 e. The van der Waals surface area contributed by atoms with Gasteiger partial charge in [0.2, 0.25) is 0 Å². The van der Waals surface area contributed by atoms with Gasteiger partial charge in [-0.05, 0) is 84.5 Å². The molecule has 0 spiro atoms. The quantitative estimate of drug-likeness (QED) is 0.280. The predicted molar refractivity (Wildman–Crippen MR) is 132 cm³/mol. The molecular formula is C27H28O5S. The summed E-state index contributed by atoms with van der Waals surface area (Å²) in [6.07, 6.45) is 3.40. The van der Waals surface area contributed by atoms with E-state index in [1.54, 1.807) is 6.26 Å². The number of rotatable bonds is 9. The zero-order valence-corrected chi connectivity index (χ0v) is 19.9. The molecule has 0 saturated heterocycles. The van der Waals surface area contributed by atoms with Crippen LogP contribution in [0.25, 0.3) is 22.1 Å². The summed E-state index contributed by atoms with van der Waals surface area (Å²) in [6.45, 7) is 4.96. The van der Waals surface area contributed by atoms with Crippen LogP contribution in [0.15, 0.2) is 71.3 Å². The van der Waals surface area contributed by atoms with E-state index in [9.17, 15) is 8.42 Å². The third kappa shape index (κ3) is 5.96. The Balaban J connectivity index is 1.45. The van der Waals surface area contributed by atoms with E-state index in [0.717, 1.165) is 50.3 Å². The van der Waals surface area contributed by atoms with Crippen LogP contribution in [0, 0.1) is 13.8 Å². The molecule has 4 aromatic rings. The molecule has 0 saturated carbocycles. The highest BCUT2D eigenvalue weighted by molar-refractivity contribution is 7.90. The topological polar surface area (TPSA) is 65.7 Å². The Morgan fingerprint density at radius 2 is 1.67 bits per heavy atom. The second kappa shape index (κ2) is 9.71. The number of ether oxygens (including phenoxy) is 2. The lowest BCUT2D eigenvalue weighted by Crippen LogP contribution is -2.08. The van der Waals surface area contributed by atoms with Crippen molar-refractivity contribution < 1.29 is 22.3 Å². The SMILES string of the molecule is Cc1cc(OCCCS(C)(=O)=O)cc(C)c1-c1cccc(COc2ccc3ccoc3c2)c1. The summed E-state index contributed by atoms with van der Waals surface area (Å²) in [7, 11) is -2.97. The maximum Gasteiger partial charge on any atom is 0.147 e. The van der Waals surface area contributed by atoms with Crippen molar-refractivity contribution in [2.75, 3.05) is 18.6 Å². The number of hydrogen-bond donors (Lipinski definition) is 0. The molecule has 3 aromatic carbocycles. The molecule has 0 unspecified atom stereocenters. The maximum atomic E-state index is 11.3. The van der Waals surface area contributed by atoms with Crippen LogP contribution in [-0.2, 0) is 16.4 Å². The minimum atomic E-state index is -2.97.